The summed E-state index contributed by atoms with van der Waals surface area (Å²) in [6.45, 7) is 1.47. The van der Waals surface area contributed by atoms with Gasteiger partial charge in [-0.05, 0) is 30.5 Å². The molecule has 156 valence electrons. The predicted octanol–water partition coefficient (Wildman–Crippen LogP) is 3.91. The quantitative estimate of drug-likeness (QED) is 0.629. The monoisotopic (exact) mass is 441 g/mol. The number of hydrogen-bond donors (Lipinski definition) is 1. The van der Waals surface area contributed by atoms with Crippen molar-refractivity contribution in [2.24, 2.45) is 0 Å². The minimum absolute atomic E-state index is 0.251. The van der Waals surface area contributed by atoms with Crippen molar-refractivity contribution >= 4 is 27.3 Å². The maximum atomic E-state index is 12.7. The Morgan fingerprint density at radius 3 is 2.40 bits per heavy atom. The highest BCUT2D eigenvalue weighted by Gasteiger charge is 2.25. The second-order valence-corrected chi connectivity index (χ2v) is 9.99. The van der Waals surface area contributed by atoms with Gasteiger partial charge in [-0.15, -0.1) is 11.3 Å². The van der Waals surface area contributed by atoms with Gasteiger partial charge < -0.3 is 5.32 Å². The highest BCUT2D eigenvalue weighted by molar-refractivity contribution is 7.89. The highest BCUT2D eigenvalue weighted by atomic mass is 32.2. The molecule has 1 aliphatic heterocycles. The Morgan fingerprint density at radius 2 is 1.70 bits per heavy atom. The molecule has 0 aliphatic carbocycles. The molecule has 2 aromatic carbocycles. The van der Waals surface area contributed by atoms with Crippen LogP contribution in [0.3, 0.4) is 0 Å². The molecule has 1 N–H and O–H groups in total. The number of nitrogens with zero attached hydrogens (tertiary/aromatic N) is 2. The van der Waals surface area contributed by atoms with Crippen LogP contribution < -0.4 is 5.32 Å². The molecule has 0 spiro atoms. The van der Waals surface area contributed by atoms with Crippen LogP contribution in [-0.4, -0.2) is 36.7 Å². The molecule has 0 radical (unpaired) electrons. The first-order valence-electron chi connectivity index (χ1n) is 9.92. The van der Waals surface area contributed by atoms with Crippen LogP contribution in [0.5, 0.6) is 0 Å². The van der Waals surface area contributed by atoms with Gasteiger partial charge in [0.05, 0.1) is 4.90 Å². The third-order valence-electron chi connectivity index (χ3n) is 5.09. The Morgan fingerprint density at radius 1 is 1.00 bits per heavy atom. The molecule has 2 heterocycles. The summed E-state index contributed by atoms with van der Waals surface area (Å²) in [7, 11) is -3.44. The molecule has 6 nitrogen and oxygen atoms in total. The van der Waals surface area contributed by atoms with E-state index in [0.29, 0.717) is 30.2 Å². The van der Waals surface area contributed by atoms with Crippen molar-refractivity contribution < 1.29 is 13.2 Å². The lowest BCUT2D eigenvalue weighted by Crippen LogP contribution is -2.35. The van der Waals surface area contributed by atoms with Gasteiger partial charge in [-0.2, -0.15) is 4.31 Å². The van der Waals surface area contributed by atoms with Crippen molar-refractivity contribution in [1.82, 2.24) is 14.6 Å². The highest BCUT2D eigenvalue weighted by Crippen LogP contribution is 2.23. The summed E-state index contributed by atoms with van der Waals surface area (Å²) in [5.74, 6) is -0.251. The molecular formula is C22H23N3O3S2. The number of nitrogens with one attached hydrogen (secondary N) is 1. The standard InChI is InChI=1S/C22H23N3O3S2/c26-21(20-16-29-22(24-20)18-7-3-1-4-8-18)23-15-17-9-11-19(12-10-17)30(27,28)25-13-5-2-6-14-25/h1,3-4,7-12,16H,2,5-6,13-15H2,(H,23,26). The average molecular weight is 442 g/mol. The third kappa shape index (κ3) is 4.61. The summed E-state index contributed by atoms with van der Waals surface area (Å²) in [6.07, 6.45) is 2.90. The minimum Gasteiger partial charge on any atom is -0.347 e. The van der Waals surface area contributed by atoms with Crippen molar-refractivity contribution in [3.05, 3.63) is 71.2 Å². The van der Waals surface area contributed by atoms with Crippen LogP contribution in [0.25, 0.3) is 10.6 Å². The van der Waals surface area contributed by atoms with Crippen LogP contribution in [0.2, 0.25) is 0 Å². The molecule has 1 amide bonds. The van der Waals surface area contributed by atoms with E-state index in [-0.39, 0.29) is 5.91 Å². The predicted molar refractivity (Wildman–Crippen MR) is 118 cm³/mol. The van der Waals surface area contributed by atoms with Crippen LogP contribution in [-0.2, 0) is 16.6 Å². The molecule has 4 rings (SSSR count). The van der Waals surface area contributed by atoms with E-state index in [4.69, 9.17) is 0 Å². The second-order valence-electron chi connectivity index (χ2n) is 7.20. The number of rotatable bonds is 6. The van der Waals surface area contributed by atoms with Gasteiger partial charge in [-0.1, -0.05) is 48.9 Å². The fourth-order valence-electron chi connectivity index (χ4n) is 3.40. The summed E-state index contributed by atoms with van der Waals surface area (Å²) < 4.78 is 27.0. The molecular weight excluding hydrogens is 418 g/mol. The lowest BCUT2D eigenvalue weighted by atomic mass is 10.2. The van der Waals surface area contributed by atoms with Gasteiger partial charge in [0.1, 0.15) is 10.7 Å². The van der Waals surface area contributed by atoms with Crippen molar-refractivity contribution in [3.8, 4) is 10.6 Å². The number of piperidine rings is 1. The molecule has 0 saturated carbocycles. The molecule has 0 atom stereocenters. The molecule has 8 heteroatoms. The van der Waals surface area contributed by atoms with Gasteiger partial charge in [-0.25, -0.2) is 13.4 Å². The molecule has 1 aromatic heterocycles. The number of carbonyl (C=O) groups is 1. The van der Waals surface area contributed by atoms with E-state index < -0.39 is 10.0 Å². The van der Waals surface area contributed by atoms with Gasteiger partial charge in [0, 0.05) is 30.6 Å². The van der Waals surface area contributed by atoms with E-state index in [0.717, 1.165) is 35.4 Å². The lowest BCUT2D eigenvalue weighted by molar-refractivity contribution is 0.0946. The van der Waals surface area contributed by atoms with Crippen molar-refractivity contribution in [2.45, 2.75) is 30.7 Å². The van der Waals surface area contributed by atoms with Crippen LogP contribution in [0.15, 0.2) is 64.9 Å². The molecule has 3 aromatic rings. The second kappa shape index (κ2) is 9.07. The smallest absolute Gasteiger partial charge is 0.271 e. The Hall–Kier alpha value is -2.55. The van der Waals surface area contributed by atoms with Crippen molar-refractivity contribution in [1.29, 1.82) is 0 Å². The number of amides is 1. The molecule has 1 fully saturated rings. The van der Waals surface area contributed by atoms with Gasteiger partial charge in [-0.3, -0.25) is 4.79 Å². The van der Waals surface area contributed by atoms with E-state index in [9.17, 15) is 13.2 Å². The number of thiazole rings is 1. The maximum absolute atomic E-state index is 12.7. The molecule has 0 unspecified atom stereocenters. The maximum Gasteiger partial charge on any atom is 0.271 e. The van der Waals surface area contributed by atoms with Crippen LogP contribution in [0.4, 0.5) is 0 Å². The topological polar surface area (TPSA) is 79.4 Å². The van der Waals surface area contributed by atoms with Gasteiger partial charge >= 0.3 is 0 Å². The normalized spacial score (nSPS) is 15.1. The van der Waals surface area contributed by atoms with Crippen molar-refractivity contribution in [3.63, 3.8) is 0 Å². The summed E-state index contributed by atoms with van der Waals surface area (Å²) >= 11 is 1.43. The fraction of sp³-hybridized carbons (Fsp3) is 0.273. The molecule has 30 heavy (non-hydrogen) atoms. The summed E-state index contributed by atoms with van der Waals surface area (Å²) in [5.41, 5.74) is 2.19. The largest absolute Gasteiger partial charge is 0.347 e. The summed E-state index contributed by atoms with van der Waals surface area (Å²) in [6, 6.07) is 16.4. The van der Waals surface area contributed by atoms with Gasteiger partial charge in [0.25, 0.3) is 5.91 Å². The lowest BCUT2D eigenvalue weighted by Gasteiger charge is -2.25. The first kappa shape index (κ1) is 20.7. The van der Waals surface area contributed by atoms with Gasteiger partial charge in [0.2, 0.25) is 10.0 Å². The zero-order valence-corrected chi connectivity index (χ0v) is 18.1. The van der Waals surface area contributed by atoms with E-state index in [1.807, 2.05) is 30.3 Å². The average Bonchev–Trinajstić information content (AvgIpc) is 3.29. The molecule has 1 saturated heterocycles. The molecule has 0 bridgehead atoms. The van der Waals surface area contributed by atoms with E-state index >= 15 is 0 Å². The zero-order valence-electron chi connectivity index (χ0n) is 16.5. The van der Waals surface area contributed by atoms with E-state index in [1.165, 1.54) is 11.3 Å². The Bertz CT molecular complexity index is 1100. The number of sulfonamides is 1. The first-order valence-corrected chi connectivity index (χ1v) is 12.2. The summed E-state index contributed by atoms with van der Waals surface area (Å²) in [4.78, 5) is 17.1. The fourth-order valence-corrected chi connectivity index (χ4v) is 5.72. The first-order chi connectivity index (χ1) is 14.5. The summed E-state index contributed by atoms with van der Waals surface area (Å²) in [5, 5.41) is 5.39. The third-order valence-corrected chi connectivity index (χ3v) is 7.89. The van der Waals surface area contributed by atoms with Crippen molar-refractivity contribution in [2.75, 3.05) is 13.1 Å². The minimum atomic E-state index is -3.44. The molecule has 1 aliphatic rings. The SMILES string of the molecule is O=C(NCc1ccc(S(=O)(=O)N2CCCCC2)cc1)c1csc(-c2ccccc2)n1. The van der Waals surface area contributed by atoms with Gasteiger partial charge in [0.15, 0.2) is 0 Å². The number of aromatic nitrogens is 1. The Balaban J connectivity index is 1.37. The van der Waals surface area contributed by atoms with Crippen LogP contribution in [0.1, 0.15) is 35.3 Å². The number of carbonyl (C=O) groups excluding carboxylic acids is 1. The van der Waals surface area contributed by atoms with Crippen LogP contribution >= 0.6 is 11.3 Å². The zero-order chi connectivity index (χ0) is 21.0. The Kier molecular flexibility index (Phi) is 6.26. The number of benzene rings is 2. The number of hydrogen-bond acceptors (Lipinski definition) is 5. The van der Waals surface area contributed by atoms with Crippen LogP contribution in [0, 0.1) is 0 Å². The Labute approximate surface area is 180 Å². The van der Waals surface area contributed by atoms with E-state index in [2.05, 4.69) is 10.3 Å². The van der Waals surface area contributed by atoms with E-state index in [1.54, 1.807) is 34.0 Å².